The summed E-state index contributed by atoms with van der Waals surface area (Å²) in [6.07, 6.45) is -0.632. The molecule has 0 radical (unpaired) electrons. The number of benzene rings is 1. The summed E-state index contributed by atoms with van der Waals surface area (Å²) in [6.45, 7) is 9.96. The highest BCUT2D eigenvalue weighted by molar-refractivity contribution is 5.89. The fourth-order valence-electron chi connectivity index (χ4n) is 4.17. The predicted molar refractivity (Wildman–Crippen MR) is 102 cm³/mol. The Kier molecular flexibility index (Phi) is 5.75. The average Bonchev–Trinajstić information content (AvgIpc) is 2.95. The summed E-state index contributed by atoms with van der Waals surface area (Å²) in [5.74, 6) is -0.124. The van der Waals surface area contributed by atoms with Crippen LogP contribution in [0.1, 0.15) is 50.4 Å². The predicted octanol–water partition coefficient (Wildman–Crippen LogP) is 3.10. The van der Waals surface area contributed by atoms with E-state index in [1.165, 1.54) is 0 Å². The van der Waals surface area contributed by atoms with Gasteiger partial charge >= 0.3 is 5.97 Å². The van der Waals surface area contributed by atoms with Crippen molar-refractivity contribution in [1.82, 2.24) is 0 Å². The highest BCUT2D eigenvalue weighted by atomic mass is 16.6. The van der Waals surface area contributed by atoms with Crippen molar-refractivity contribution in [1.29, 1.82) is 0 Å². The smallest absolute Gasteiger partial charge is 0.338 e. The van der Waals surface area contributed by atoms with Crippen LogP contribution < -0.4 is 0 Å². The lowest BCUT2D eigenvalue weighted by Gasteiger charge is -2.40. The molecule has 2 N–H and O–H groups in total. The van der Waals surface area contributed by atoms with Gasteiger partial charge in [-0.3, -0.25) is 0 Å². The molecule has 5 heteroatoms. The largest absolute Gasteiger partial charge is 0.456 e. The van der Waals surface area contributed by atoms with E-state index in [1.807, 2.05) is 6.07 Å². The average molecular weight is 374 g/mol. The van der Waals surface area contributed by atoms with Gasteiger partial charge in [0.2, 0.25) is 0 Å². The molecule has 0 amide bonds. The molecular weight excluding hydrogens is 344 g/mol. The SMILES string of the molecule is C=C1[C@H]2CC[C@](C)(O)[C@H](O)[C@H]2O[C@@H]1[C@@H](CC(C)C)OC(=O)c1ccccc1. The maximum atomic E-state index is 12.6. The summed E-state index contributed by atoms with van der Waals surface area (Å²) >= 11 is 0. The molecule has 1 heterocycles. The highest BCUT2D eigenvalue weighted by Gasteiger charge is 2.53. The van der Waals surface area contributed by atoms with E-state index in [2.05, 4.69) is 20.4 Å². The first kappa shape index (κ1) is 20.1. The zero-order valence-corrected chi connectivity index (χ0v) is 16.3. The van der Waals surface area contributed by atoms with E-state index in [1.54, 1.807) is 31.2 Å². The van der Waals surface area contributed by atoms with Crippen LogP contribution in [0, 0.1) is 11.8 Å². The Morgan fingerprint density at radius 1 is 1.37 bits per heavy atom. The van der Waals surface area contributed by atoms with Crippen LogP contribution >= 0.6 is 0 Å². The van der Waals surface area contributed by atoms with Gasteiger partial charge in [0.1, 0.15) is 18.3 Å². The number of carbonyl (C=O) groups is 1. The minimum atomic E-state index is -1.18. The van der Waals surface area contributed by atoms with Gasteiger partial charge in [-0.2, -0.15) is 0 Å². The van der Waals surface area contributed by atoms with Crippen LogP contribution in [-0.4, -0.2) is 46.2 Å². The second kappa shape index (κ2) is 7.74. The van der Waals surface area contributed by atoms with E-state index < -0.39 is 30.0 Å². The maximum absolute atomic E-state index is 12.6. The van der Waals surface area contributed by atoms with Crippen LogP contribution in [0.15, 0.2) is 42.5 Å². The zero-order valence-electron chi connectivity index (χ0n) is 16.3. The molecule has 0 unspecified atom stereocenters. The molecule has 2 aliphatic rings. The molecule has 3 rings (SSSR count). The number of ether oxygens (including phenoxy) is 2. The Hall–Kier alpha value is -1.69. The number of aliphatic hydroxyl groups is 2. The summed E-state index contributed by atoms with van der Waals surface area (Å²) in [7, 11) is 0. The third kappa shape index (κ3) is 4.10. The van der Waals surface area contributed by atoms with Crippen LogP contribution in [-0.2, 0) is 9.47 Å². The number of fused-ring (bicyclic) bond motifs is 1. The van der Waals surface area contributed by atoms with Gasteiger partial charge in [-0.1, -0.05) is 38.6 Å². The summed E-state index contributed by atoms with van der Waals surface area (Å²) in [4.78, 5) is 12.6. The highest BCUT2D eigenvalue weighted by Crippen LogP contribution is 2.45. The Balaban J connectivity index is 1.79. The second-order valence-corrected chi connectivity index (χ2v) is 8.48. The van der Waals surface area contributed by atoms with Crippen molar-refractivity contribution >= 4 is 5.97 Å². The molecule has 5 nitrogen and oxygen atoms in total. The second-order valence-electron chi connectivity index (χ2n) is 8.48. The minimum Gasteiger partial charge on any atom is -0.456 e. The fourth-order valence-corrected chi connectivity index (χ4v) is 4.17. The molecule has 1 aromatic rings. The van der Waals surface area contributed by atoms with Gasteiger partial charge < -0.3 is 19.7 Å². The molecule has 0 aromatic heterocycles. The van der Waals surface area contributed by atoms with Crippen molar-refractivity contribution in [2.24, 2.45) is 11.8 Å². The van der Waals surface area contributed by atoms with E-state index in [0.717, 1.165) is 5.57 Å². The van der Waals surface area contributed by atoms with Gasteiger partial charge in [-0.15, -0.1) is 0 Å². The zero-order chi connectivity index (χ0) is 19.8. The molecule has 6 atom stereocenters. The summed E-state index contributed by atoms with van der Waals surface area (Å²) < 4.78 is 12.0. The molecule has 0 bridgehead atoms. The molecule has 1 aromatic carbocycles. The van der Waals surface area contributed by atoms with Gasteiger partial charge in [0, 0.05) is 5.92 Å². The molecule has 1 saturated heterocycles. The Morgan fingerprint density at radius 2 is 2.04 bits per heavy atom. The quantitative estimate of drug-likeness (QED) is 0.612. The van der Waals surface area contributed by atoms with Gasteiger partial charge in [-0.05, 0) is 49.8 Å². The number of rotatable bonds is 5. The van der Waals surface area contributed by atoms with Crippen molar-refractivity contribution in [3.8, 4) is 0 Å². The van der Waals surface area contributed by atoms with Crippen LogP contribution in [0.3, 0.4) is 0 Å². The normalized spacial score (nSPS) is 34.4. The van der Waals surface area contributed by atoms with Crippen molar-refractivity contribution in [3.05, 3.63) is 48.0 Å². The van der Waals surface area contributed by atoms with E-state index in [9.17, 15) is 15.0 Å². The lowest BCUT2D eigenvalue weighted by atomic mass is 9.73. The third-order valence-electron chi connectivity index (χ3n) is 5.76. The van der Waals surface area contributed by atoms with E-state index in [0.29, 0.717) is 30.7 Å². The molecular formula is C22H30O5. The molecule has 2 fully saturated rings. The lowest BCUT2D eigenvalue weighted by molar-refractivity contribution is -0.170. The number of esters is 1. The van der Waals surface area contributed by atoms with Crippen LogP contribution in [0.2, 0.25) is 0 Å². The number of aliphatic hydroxyl groups excluding tert-OH is 1. The molecule has 148 valence electrons. The molecule has 27 heavy (non-hydrogen) atoms. The Bertz CT molecular complexity index is 681. The summed E-state index contributed by atoms with van der Waals surface area (Å²) in [5.41, 5.74) is 0.168. The van der Waals surface area contributed by atoms with Gasteiger partial charge in [0.05, 0.1) is 17.3 Å². The minimum absolute atomic E-state index is 0.0321. The molecule has 0 spiro atoms. The number of hydrogen-bond acceptors (Lipinski definition) is 5. The molecule has 1 aliphatic carbocycles. The topological polar surface area (TPSA) is 76.0 Å². The monoisotopic (exact) mass is 374 g/mol. The first-order valence-electron chi connectivity index (χ1n) is 9.71. The van der Waals surface area contributed by atoms with Crippen molar-refractivity contribution in [2.75, 3.05) is 0 Å². The van der Waals surface area contributed by atoms with E-state index >= 15 is 0 Å². The van der Waals surface area contributed by atoms with Gasteiger partial charge in [-0.25, -0.2) is 4.79 Å². The van der Waals surface area contributed by atoms with Gasteiger partial charge in [0.15, 0.2) is 0 Å². The third-order valence-corrected chi connectivity index (χ3v) is 5.76. The summed E-state index contributed by atoms with van der Waals surface area (Å²) in [5, 5.41) is 20.9. The first-order chi connectivity index (χ1) is 12.7. The first-order valence-corrected chi connectivity index (χ1v) is 9.71. The molecule has 1 aliphatic heterocycles. The number of hydrogen-bond donors (Lipinski definition) is 2. The van der Waals surface area contributed by atoms with Crippen LogP contribution in [0.25, 0.3) is 0 Å². The van der Waals surface area contributed by atoms with Gasteiger partial charge in [0.25, 0.3) is 0 Å². The fraction of sp³-hybridized carbons (Fsp3) is 0.591. The Morgan fingerprint density at radius 3 is 2.67 bits per heavy atom. The molecule has 1 saturated carbocycles. The van der Waals surface area contributed by atoms with Crippen molar-refractivity contribution < 1.29 is 24.5 Å². The van der Waals surface area contributed by atoms with Crippen molar-refractivity contribution in [3.63, 3.8) is 0 Å². The van der Waals surface area contributed by atoms with Crippen LogP contribution in [0.4, 0.5) is 0 Å². The van der Waals surface area contributed by atoms with E-state index in [4.69, 9.17) is 9.47 Å². The Labute approximate surface area is 161 Å². The van der Waals surface area contributed by atoms with Crippen molar-refractivity contribution in [2.45, 2.75) is 70.1 Å². The summed E-state index contributed by atoms with van der Waals surface area (Å²) in [6, 6.07) is 8.89. The number of carbonyl (C=O) groups excluding carboxylic acids is 1. The van der Waals surface area contributed by atoms with Crippen LogP contribution in [0.5, 0.6) is 0 Å². The standard InChI is InChI=1S/C22H30O5/c1-13(2)12-17(26-21(24)15-8-6-5-7-9-15)18-14(3)16-10-11-22(4,25)20(23)19(16)27-18/h5-9,13,16-20,23,25H,3,10-12H2,1-2,4H3/t16-,17-,18+,19+,20-,22+/m1/s1. The van der Waals surface area contributed by atoms with E-state index in [-0.39, 0.29) is 11.9 Å². The maximum Gasteiger partial charge on any atom is 0.338 e. The lowest BCUT2D eigenvalue weighted by Crippen LogP contribution is -2.53.